The molecular formula is C13H25NOS. The highest BCUT2D eigenvalue weighted by molar-refractivity contribution is 7.99. The van der Waals surface area contributed by atoms with Gasteiger partial charge in [0.1, 0.15) is 0 Å². The summed E-state index contributed by atoms with van der Waals surface area (Å²) in [6.07, 6.45) is 9.21. The molecule has 1 heterocycles. The van der Waals surface area contributed by atoms with Gasteiger partial charge in [-0.3, -0.25) is 0 Å². The largest absolute Gasteiger partial charge is 0.375 e. The Morgan fingerprint density at radius 3 is 2.81 bits per heavy atom. The molecule has 2 N–H and O–H groups in total. The quantitative estimate of drug-likeness (QED) is 0.827. The maximum absolute atomic E-state index is 6.10. The highest BCUT2D eigenvalue weighted by Crippen LogP contribution is 2.41. The Bertz CT molecular complexity index is 208. The van der Waals surface area contributed by atoms with Gasteiger partial charge in [-0.1, -0.05) is 19.3 Å². The molecule has 2 aliphatic rings. The summed E-state index contributed by atoms with van der Waals surface area (Å²) in [6.45, 7) is 3.07. The van der Waals surface area contributed by atoms with Gasteiger partial charge in [0.15, 0.2) is 0 Å². The third kappa shape index (κ3) is 3.38. The molecule has 1 aliphatic heterocycles. The molecule has 0 aromatic heterocycles. The van der Waals surface area contributed by atoms with Crippen LogP contribution >= 0.6 is 11.8 Å². The predicted octanol–water partition coefficient (Wildman–Crippen LogP) is 2.95. The van der Waals surface area contributed by atoms with Crippen molar-refractivity contribution in [3.8, 4) is 0 Å². The first-order valence-electron chi connectivity index (χ1n) is 6.71. The summed E-state index contributed by atoms with van der Waals surface area (Å²) in [5, 5.41) is 0.790. The van der Waals surface area contributed by atoms with Crippen LogP contribution in [0.2, 0.25) is 0 Å². The van der Waals surface area contributed by atoms with Crippen molar-refractivity contribution in [2.75, 3.05) is 12.4 Å². The molecule has 0 bridgehead atoms. The van der Waals surface area contributed by atoms with Crippen LogP contribution in [-0.2, 0) is 4.74 Å². The Morgan fingerprint density at radius 1 is 1.38 bits per heavy atom. The number of rotatable bonds is 3. The van der Waals surface area contributed by atoms with Gasteiger partial charge in [-0.05, 0) is 32.6 Å². The minimum Gasteiger partial charge on any atom is -0.375 e. The second-order valence-electron chi connectivity index (χ2n) is 5.52. The fourth-order valence-electron chi connectivity index (χ4n) is 2.96. The van der Waals surface area contributed by atoms with Crippen molar-refractivity contribution in [3.63, 3.8) is 0 Å². The van der Waals surface area contributed by atoms with Crippen LogP contribution in [0.15, 0.2) is 0 Å². The molecule has 2 unspecified atom stereocenters. The van der Waals surface area contributed by atoms with E-state index in [1.54, 1.807) is 0 Å². The summed E-state index contributed by atoms with van der Waals surface area (Å²) >= 11 is 2.07. The fourth-order valence-corrected chi connectivity index (χ4v) is 4.22. The van der Waals surface area contributed by atoms with E-state index in [0.29, 0.717) is 6.04 Å². The SMILES string of the molecule is CC(N)CSC1CCOC2(CCCCC2)C1. The minimum atomic E-state index is 0.256. The van der Waals surface area contributed by atoms with Crippen molar-refractivity contribution in [1.29, 1.82) is 0 Å². The summed E-state index contributed by atoms with van der Waals surface area (Å²) in [5.41, 5.74) is 6.08. The van der Waals surface area contributed by atoms with Crippen LogP contribution in [0.25, 0.3) is 0 Å². The van der Waals surface area contributed by atoms with Crippen molar-refractivity contribution in [1.82, 2.24) is 0 Å². The van der Waals surface area contributed by atoms with Gasteiger partial charge in [0, 0.05) is 23.7 Å². The van der Waals surface area contributed by atoms with Gasteiger partial charge in [0.25, 0.3) is 0 Å². The van der Waals surface area contributed by atoms with Crippen LogP contribution in [0, 0.1) is 0 Å². The molecule has 0 amide bonds. The molecule has 0 aromatic carbocycles. The van der Waals surface area contributed by atoms with Crippen LogP contribution in [0.4, 0.5) is 0 Å². The van der Waals surface area contributed by atoms with Crippen molar-refractivity contribution in [3.05, 3.63) is 0 Å². The lowest BCUT2D eigenvalue weighted by atomic mass is 9.80. The second kappa shape index (κ2) is 5.74. The third-order valence-electron chi connectivity index (χ3n) is 3.81. The molecule has 0 radical (unpaired) electrons. The zero-order valence-electron chi connectivity index (χ0n) is 10.4. The predicted molar refractivity (Wildman–Crippen MR) is 70.9 cm³/mol. The van der Waals surface area contributed by atoms with E-state index >= 15 is 0 Å². The first kappa shape index (κ1) is 12.7. The molecule has 2 rings (SSSR count). The van der Waals surface area contributed by atoms with E-state index in [2.05, 4.69) is 18.7 Å². The first-order valence-corrected chi connectivity index (χ1v) is 7.76. The van der Waals surface area contributed by atoms with Gasteiger partial charge in [0.2, 0.25) is 0 Å². The lowest BCUT2D eigenvalue weighted by molar-refractivity contribution is -0.0971. The van der Waals surface area contributed by atoms with Gasteiger partial charge in [0.05, 0.1) is 5.60 Å². The summed E-state index contributed by atoms with van der Waals surface area (Å²) < 4.78 is 6.10. The molecule has 94 valence electrons. The molecule has 2 nitrogen and oxygen atoms in total. The number of thioether (sulfide) groups is 1. The van der Waals surface area contributed by atoms with Crippen LogP contribution in [0.3, 0.4) is 0 Å². The highest BCUT2D eigenvalue weighted by atomic mass is 32.2. The van der Waals surface area contributed by atoms with Crippen LogP contribution in [0.5, 0.6) is 0 Å². The van der Waals surface area contributed by atoms with Crippen molar-refractivity contribution < 1.29 is 4.74 Å². The standard InChI is InChI=1S/C13H25NOS/c1-11(14)10-16-12-5-8-15-13(9-12)6-3-2-4-7-13/h11-12H,2-10,14H2,1H3. The highest BCUT2D eigenvalue weighted by Gasteiger charge is 2.38. The lowest BCUT2D eigenvalue weighted by Crippen LogP contribution is -2.42. The zero-order valence-corrected chi connectivity index (χ0v) is 11.2. The molecule has 1 spiro atoms. The monoisotopic (exact) mass is 243 g/mol. The summed E-state index contributed by atoms with van der Waals surface area (Å²) in [4.78, 5) is 0. The number of nitrogens with two attached hydrogens (primary N) is 1. The Labute approximate surface area is 104 Å². The molecule has 1 aliphatic carbocycles. The average Bonchev–Trinajstić information content (AvgIpc) is 2.28. The molecule has 3 heteroatoms. The molecule has 16 heavy (non-hydrogen) atoms. The lowest BCUT2D eigenvalue weighted by Gasteiger charge is -2.43. The Hall–Kier alpha value is 0.270. The van der Waals surface area contributed by atoms with Gasteiger partial charge >= 0.3 is 0 Å². The van der Waals surface area contributed by atoms with Crippen LogP contribution < -0.4 is 5.73 Å². The molecule has 0 aromatic rings. The van der Waals surface area contributed by atoms with E-state index in [-0.39, 0.29) is 5.60 Å². The van der Waals surface area contributed by atoms with Gasteiger partial charge in [-0.25, -0.2) is 0 Å². The Balaban J connectivity index is 1.83. The second-order valence-corrected chi connectivity index (χ2v) is 6.85. The van der Waals surface area contributed by atoms with Gasteiger partial charge in [-0.15, -0.1) is 0 Å². The minimum absolute atomic E-state index is 0.256. The Morgan fingerprint density at radius 2 is 2.12 bits per heavy atom. The average molecular weight is 243 g/mol. The van der Waals surface area contributed by atoms with Crippen molar-refractivity contribution in [2.24, 2.45) is 5.73 Å². The first-order chi connectivity index (χ1) is 7.70. The molecule has 2 atom stereocenters. The van der Waals surface area contributed by atoms with Crippen LogP contribution in [-0.4, -0.2) is 29.3 Å². The number of ether oxygens (including phenoxy) is 1. The maximum Gasteiger partial charge on any atom is 0.0693 e. The van der Waals surface area contributed by atoms with E-state index in [4.69, 9.17) is 10.5 Å². The summed E-state index contributed by atoms with van der Waals surface area (Å²) in [6, 6.07) is 0.329. The third-order valence-corrected chi connectivity index (χ3v) is 5.40. The van der Waals surface area contributed by atoms with E-state index in [1.165, 1.54) is 44.9 Å². The molecular weight excluding hydrogens is 218 g/mol. The number of hydrogen-bond acceptors (Lipinski definition) is 3. The molecule has 2 fully saturated rings. The van der Waals surface area contributed by atoms with E-state index in [1.807, 2.05) is 0 Å². The van der Waals surface area contributed by atoms with E-state index < -0.39 is 0 Å². The summed E-state index contributed by atoms with van der Waals surface area (Å²) in [7, 11) is 0. The summed E-state index contributed by atoms with van der Waals surface area (Å²) in [5.74, 6) is 1.10. The van der Waals surface area contributed by atoms with Crippen molar-refractivity contribution in [2.45, 2.75) is 68.8 Å². The van der Waals surface area contributed by atoms with Gasteiger partial charge in [-0.2, -0.15) is 11.8 Å². The fraction of sp³-hybridized carbons (Fsp3) is 1.00. The van der Waals surface area contributed by atoms with Crippen molar-refractivity contribution >= 4 is 11.8 Å². The topological polar surface area (TPSA) is 35.2 Å². The molecule has 1 saturated heterocycles. The van der Waals surface area contributed by atoms with E-state index in [9.17, 15) is 0 Å². The maximum atomic E-state index is 6.10. The molecule has 1 saturated carbocycles. The zero-order chi connectivity index (χ0) is 11.4. The Kier molecular flexibility index (Phi) is 4.57. The number of hydrogen-bond donors (Lipinski definition) is 1. The normalized spacial score (nSPS) is 31.5. The van der Waals surface area contributed by atoms with Crippen LogP contribution in [0.1, 0.15) is 51.9 Å². The van der Waals surface area contributed by atoms with Gasteiger partial charge < -0.3 is 10.5 Å². The van der Waals surface area contributed by atoms with E-state index in [0.717, 1.165) is 17.6 Å². The smallest absolute Gasteiger partial charge is 0.0693 e.